The standard InChI is InChI=1S/C15H21N3O2/c1-2-13-16-15(17-20-13)12-8-5-9-18(12)14(19)10-11-6-3-4-7-11/h3,6,11-12H,2,4-5,7-10H2,1H3. The molecule has 1 aliphatic carbocycles. The summed E-state index contributed by atoms with van der Waals surface area (Å²) in [6, 6.07) is 0.0110. The number of rotatable bonds is 4. The molecule has 1 saturated heterocycles. The van der Waals surface area contributed by atoms with Gasteiger partial charge in [0.15, 0.2) is 5.82 Å². The molecule has 5 heteroatoms. The predicted molar refractivity (Wildman–Crippen MR) is 73.8 cm³/mol. The first-order chi connectivity index (χ1) is 9.78. The molecular weight excluding hydrogens is 254 g/mol. The van der Waals surface area contributed by atoms with Crippen molar-refractivity contribution in [2.75, 3.05) is 6.54 Å². The molecule has 2 atom stereocenters. The van der Waals surface area contributed by atoms with Crippen molar-refractivity contribution in [1.82, 2.24) is 15.0 Å². The molecule has 0 aromatic carbocycles. The maximum Gasteiger partial charge on any atom is 0.226 e. The highest BCUT2D eigenvalue weighted by Crippen LogP contribution is 2.32. The second-order valence-electron chi connectivity index (χ2n) is 5.61. The molecule has 2 unspecified atom stereocenters. The van der Waals surface area contributed by atoms with Gasteiger partial charge in [-0.25, -0.2) is 0 Å². The van der Waals surface area contributed by atoms with E-state index in [1.165, 1.54) is 0 Å². The highest BCUT2D eigenvalue weighted by molar-refractivity contribution is 5.77. The van der Waals surface area contributed by atoms with Gasteiger partial charge >= 0.3 is 0 Å². The maximum absolute atomic E-state index is 12.5. The van der Waals surface area contributed by atoms with Gasteiger partial charge < -0.3 is 9.42 Å². The van der Waals surface area contributed by atoms with Crippen molar-refractivity contribution in [2.24, 2.45) is 5.92 Å². The van der Waals surface area contributed by atoms with Crippen LogP contribution in [0.3, 0.4) is 0 Å². The van der Waals surface area contributed by atoms with Gasteiger partial charge in [-0.2, -0.15) is 4.98 Å². The van der Waals surface area contributed by atoms with Gasteiger partial charge in [0.25, 0.3) is 0 Å². The number of hydrogen-bond acceptors (Lipinski definition) is 4. The van der Waals surface area contributed by atoms with Crippen molar-refractivity contribution in [1.29, 1.82) is 0 Å². The second-order valence-corrected chi connectivity index (χ2v) is 5.61. The number of aryl methyl sites for hydroxylation is 1. The minimum atomic E-state index is 0.0110. The minimum absolute atomic E-state index is 0.0110. The van der Waals surface area contributed by atoms with E-state index in [0.717, 1.165) is 38.6 Å². The fourth-order valence-electron chi connectivity index (χ4n) is 3.09. The van der Waals surface area contributed by atoms with Crippen LogP contribution in [-0.2, 0) is 11.2 Å². The van der Waals surface area contributed by atoms with E-state index in [2.05, 4.69) is 22.3 Å². The lowest BCUT2D eigenvalue weighted by molar-refractivity contribution is -0.133. The monoisotopic (exact) mass is 275 g/mol. The molecule has 3 rings (SSSR count). The summed E-state index contributed by atoms with van der Waals surface area (Å²) < 4.78 is 5.18. The van der Waals surface area contributed by atoms with Crippen molar-refractivity contribution in [2.45, 2.75) is 51.5 Å². The van der Waals surface area contributed by atoms with Gasteiger partial charge in [-0.3, -0.25) is 4.79 Å². The normalized spacial score (nSPS) is 25.6. The zero-order chi connectivity index (χ0) is 13.9. The molecular formula is C15H21N3O2. The van der Waals surface area contributed by atoms with Crippen LogP contribution in [0.15, 0.2) is 16.7 Å². The third-order valence-corrected chi connectivity index (χ3v) is 4.21. The number of likely N-dealkylation sites (tertiary alicyclic amines) is 1. The smallest absolute Gasteiger partial charge is 0.226 e. The van der Waals surface area contributed by atoms with Gasteiger partial charge in [0.2, 0.25) is 11.8 Å². The van der Waals surface area contributed by atoms with E-state index in [4.69, 9.17) is 4.52 Å². The van der Waals surface area contributed by atoms with Crippen molar-refractivity contribution in [3.63, 3.8) is 0 Å². The summed E-state index contributed by atoms with van der Waals surface area (Å²) in [4.78, 5) is 18.8. The molecule has 0 N–H and O–H groups in total. The summed E-state index contributed by atoms with van der Waals surface area (Å²) in [7, 11) is 0. The minimum Gasteiger partial charge on any atom is -0.339 e. The van der Waals surface area contributed by atoms with Crippen molar-refractivity contribution in [3.05, 3.63) is 23.9 Å². The molecule has 0 saturated carbocycles. The Morgan fingerprint density at radius 2 is 2.40 bits per heavy atom. The van der Waals surface area contributed by atoms with Crippen molar-refractivity contribution < 1.29 is 9.32 Å². The van der Waals surface area contributed by atoms with Gasteiger partial charge in [0.05, 0.1) is 6.04 Å². The predicted octanol–water partition coefficient (Wildman–Crippen LogP) is 2.65. The summed E-state index contributed by atoms with van der Waals surface area (Å²) in [6.45, 7) is 2.80. The summed E-state index contributed by atoms with van der Waals surface area (Å²) >= 11 is 0. The largest absolute Gasteiger partial charge is 0.339 e. The second kappa shape index (κ2) is 5.77. The summed E-state index contributed by atoms with van der Waals surface area (Å²) in [5.41, 5.74) is 0. The van der Waals surface area contributed by atoms with Crippen LogP contribution < -0.4 is 0 Å². The number of amides is 1. The van der Waals surface area contributed by atoms with Crippen molar-refractivity contribution in [3.8, 4) is 0 Å². The Morgan fingerprint density at radius 1 is 1.50 bits per heavy atom. The van der Waals surface area contributed by atoms with Crippen LogP contribution in [0, 0.1) is 5.92 Å². The Labute approximate surface area is 119 Å². The van der Waals surface area contributed by atoms with E-state index in [0.29, 0.717) is 24.1 Å². The Balaban J connectivity index is 1.68. The lowest BCUT2D eigenvalue weighted by atomic mass is 10.0. The molecule has 0 radical (unpaired) electrons. The molecule has 1 fully saturated rings. The third-order valence-electron chi connectivity index (χ3n) is 4.21. The van der Waals surface area contributed by atoms with Crippen molar-refractivity contribution >= 4 is 5.91 Å². The van der Waals surface area contributed by atoms with Crippen LogP contribution in [0.4, 0.5) is 0 Å². The molecule has 0 spiro atoms. The number of hydrogen-bond donors (Lipinski definition) is 0. The zero-order valence-corrected chi connectivity index (χ0v) is 11.9. The zero-order valence-electron chi connectivity index (χ0n) is 11.9. The molecule has 2 aliphatic rings. The van der Waals surface area contributed by atoms with Crippen LogP contribution in [0.2, 0.25) is 0 Å². The lowest BCUT2D eigenvalue weighted by Crippen LogP contribution is -2.32. The van der Waals surface area contributed by atoms with Gasteiger partial charge in [0, 0.05) is 19.4 Å². The van der Waals surface area contributed by atoms with E-state index < -0.39 is 0 Å². The number of carbonyl (C=O) groups excluding carboxylic acids is 1. The SMILES string of the molecule is CCc1nc(C2CCCN2C(=O)CC2C=CCC2)no1. The van der Waals surface area contributed by atoms with Crippen LogP contribution >= 0.6 is 0 Å². The maximum atomic E-state index is 12.5. The van der Waals surface area contributed by atoms with Crippen LogP contribution in [-0.4, -0.2) is 27.5 Å². The Morgan fingerprint density at radius 3 is 3.10 bits per heavy atom. The van der Waals surface area contributed by atoms with Crippen LogP contribution in [0.1, 0.15) is 56.8 Å². The Kier molecular flexibility index (Phi) is 3.85. The topological polar surface area (TPSA) is 59.2 Å². The first-order valence-corrected chi connectivity index (χ1v) is 7.56. The molecule has 5 nitrogen and oxygen atoms in total. The molecule has 0 bridgehead atoms. The highest BCUT2D eigenvalue weighted by Gasteiger charge is 2.33. The van der Waals surface area contributed by atoms with Crippen LogP contribution in [0.25, 0.3) is 0 Å². The summed E-state index contributed by atoms with van der Waals surface area (Å²) in [5, 5.41) is 4.04. The number of nitrogens with zero attached hydrogens (tertiary/aromatic N) is 3. The average Bonchev–Trinajstić information content (AvgIpc) is 3.19. The Hall–Kier alpha value is -1.65. The molecule has 2 heterocycles. The fraction of sp³-hybridized carbons (Fsp3) is 0.667. The molecule has 1 aromatic rings. The number of allylic oxidation sites excluding steroid dienone is 2. The third kappa shape index (κ3) is 2.62. The van der Waals surface area contributed by atoms with Gasteiger partial charge in [-0.05, 0) is 31.6 Å². The first-order valence-electron chi connectivity index (χ1n) is 7.56. The van der Waals surface area contributed by atoms with Gasteiger partial charge in [-0.15, -0.1) is 0 Å². The molecule has 1 aromatic heterocycles. The summed E-state index contributed by atoms with van der Waals surface area (Å²) in [6.07, 6.45) is 9.87. The van der Waals surface area contributed by atoms with E-state index >= 15 is 0 Å². The quantitative estimate of drug-likeness (QED) is 0.793. The average molecular weight is 275 g/mol. The Bertz CT molecular complexity index is 509. The lowest BCUT2D eigenvalue weighted by Gasteiger charge is -2.23. The van der Waals surface area contributed by atoms with E-state index in [1.807, 2.05) is 11.8 Å². The molecule has 20 heavy (non-hydrogen) atoms. The fourth-order valence-corrected chi connectivity index (χ4v) is 3.09. The molecule has 1 amide bonds. The van der Waals surface area contributed by atoms with E-state index in [9.17, 15) is 4.79 Å². The molecule has 1 aliphatic heterocycles. The van der Waals surface area contributed by atoms with Gasteiger partial charge in [0.1, 0.15) is 0 Å². The van der Waals surface area contributed by atoms with Crippen LogP contribution in [0.5, 0.6) is 0 Å². The highest BCUT2D eigenvalue weighted by atomic mass is 16.5. The molecule has 108 valence electrons. The van der Waals surface area contributed by atoms with Gasteiger partial charge in [-0.1, -0.05) is 24.2 Å². The first kappa shape index (κ1) is 13.3. The van der Waals surface area contributed by atoms with E-state index in [-0.39, 0.29) is 11.9 Å². The summed E-state index contributed by atoms with van der Waals surface area (Å²) in [5.74, 6) is 1.97. The van der Waals surface area contributed by atoms with E-state index in [1.54, 1.807) is 0 Å². The number of carbonyl (C=O) groups is 1. The number of aromatic nitrogens is 2.